The molecule has 0 spiro atoms. The topological polar surface area (TPSA) is 106 Å². The summed E-state index contributed by atoms with van der Waals surface area (Å²) in [6.07, 6.45) is 2.55. The molecule has 4 N–H and O–H groups in total. The van der Waals surface area contributed by atoms with Gasteiger partial charge < -0.3 is 16.2 Å². The van der Waals surface area contributed by atoms with Crippen LogP contribution in [0.15, 0.2) is 54.9 Å². The lowest BCUT2D eigenvalue weighted by Gasteiger charge is -2.18. The lowest BCUT2D eigenvalue weighted by molar-refractivity contribution is 0.0563. The predicted octanol–water partition coefficient (Wildman–Crippen LogP) is 5.11. The van der Waals surface area contributed by atoms with Crippen LogP contribution in [0.25, 0.3) is 22.3 Å². The Kier molecular flexibility index (Phi) is 7.72. The number of anilines is 1. The number of aryl methyl sites for hydroxylation is 1. The smallest absolute Gasteiger partial charge is 0.333 e. The predicted molar refractivity (Wildman–Crippen MR) is 130 cm³/mol. The number of nitrogen functional groups attached to an aromatic ring is 1. The summed E-state index contributed by atoms with van der Waals surface area (Å²) in [7, 11) is 0. The molecule has 4 aromatic rings. The van der Waals surface area contributed by atoms with Crippen molar-refractivity contribution in [3.63, 3.8) is 0 Å². The van der Waals surface area contributed by atoms with Crippen LogP contribution in [-0.2, 0) is 6.67 Å². The average Bonchev–Trinajstić information content (AvgIpc) is 3.28. The van der Waals surface area contributed by atoms with E-state index in [2.05, 4.69) is 15.4 Å². The maximum atomic E-state index is 15.0. The van der Waals surface area contributed by atoms with Gasteiger partial charge in [0.15, 0.2) is 0 Å². The van der Waals surface area contributed by atoms with Gasteiger partial charge in [0, 0.05) is 29.1 Å². The molecule has 4 rings (SSSR count). The number of hydrogen-bond acceptors (Lipinski definition) is 5. The lowest BCUT2D eigenvalue weighted by atomic mass is 9.99. The van der Waals surface area contributed by atoms with Gasteiger partial charge in [-0.25, -0.2) is 22.8 Å². The van der Waals surface area contributed by atoms with Gasteiger partial charge in [-0.3, -0.25) is 4.79 Å². The number of alkyl halides is 3. The molecule has 0 saturated carbocycles. The highest BCUT2D eigenvalue weighted by atomic mass is 19.3. The number of nitrogens with two attached hydrogens (primary N) is 1. The largest absolute Gasteiger partial charge is 0.394 e. The fourth-order valence-corrected chi connectivity index (χ4v) is 4.01. The minimum Gasteiger partial charge on any atom is -0.394 e. The lowest BCUT2D eigenvalue weighted by Crippen LogP contribution is -2.31. The van der Waals surface area contributed by atoms with Crippen LogP contribution in [0.4, 0.5) is 27.8 Å². The number of aromatic nitrogens is 3. The van der Waals surface area contributed by atoms with Crippen molar-refractivity contribution in [2.45, 2.75) is 26.2 Å². The minimum atomic E-state index is -2.83. The number of aliphatic hydroxyl groups is 1. The molecular formula is C26H22F5N5O2. The Balaban J connectivity index is 1.61. The van der Waals surface area contributed by atoms with Crippen molar-refractivity contribution in [1.82, 2.24) is 20.1 Å². The molecule has 0 radical (unpaired) electrons. The molecule has 38 heavy (non-hydrogen) atoms. The third-order valence-electron chi connectivity index (χ3n) is 5.90. The molecule has 2 aromatic carbocycles. The summed E-state index contributed by atoms with van der Waals surface area (Å²) in [4.78, 5) is 16.8. The molecule has 1 amide bonds. The molecule has 198 valence electrons. The monoisotopic (exact) mass is 531 g/mol. The van der Waals surface area contributed by atoms with Crippen LogP contribution in [0.3, 0.4) is 0 Å². The Hall–Kier alpha value is -4.32. The fourth-order valence-electron chi connectivity index (χ4n) is 4.01. The van der Waals surface area contributed by atoms with Crippen molar-refractivity contribution < 1.29 is 31.9 Å². The molecule has 0 aliphatic rings. The Bertz CT molecular complexity index is 1490. The third-order valence-corrected chi connectivity index (χ3v) is 5.90. The van der Waals surface area contributed by atoms with Crippen molar-refractivity contribution in [1.29, 1.82) is 0 Å². The van der Waals surface area contributed by atoms with Crippen molar-refractivity contribution in [3.05, 3.63) is 88.9 Å². The first kappa shape index (κ1) is 26.7. The second kappa shape index (κ2) is 11.0. The maximum Gasteiger partial charge on any atom is 0.333 e. The summed E-state index contributed by atoms with van der Waals surface area (Å²) >= 11 is 0. The van der Waals surface area contributed by atoms with E-state index in [1.165, 1.54) is 24.4 Å². The Morgan fingerprint density at radius 2 is 1.87 bits per heavy atom. The standard InChI is InChI=1S/C26H22F5N5O2/c1-13-21(11-36(35-13)26(30)31)17-7-20(24(32)33-10-17)15-2-3-19(22(29)8-15)25(38)34-23(12-37)16-4-14(9-27)5-18(28)6-16/h2-8,10-11,23,26,37H,9,12H2,1H3,(H2,32,33)(H,34,38). The molecule has 2 aromatic heterocycles. The van der Waals surface area contributed by atoms with Gasteiger partial charge in [0.05, 0.1) is 23.9 Å². The molecule has 0 aliphatic heterocycles. The third kappa shape index (κ3) is 5.49. The van der Waals surface area contributed by atoms with E-state index in [1.54, 1.807) is 13.0 Å². The summed E-state index contributed by atoms with van der Waals surface area (Å²) in [6.45, 7) is -2.86. The van der Waals surface area contributed by atoms with Gasteiger partial charge in [-0.15, -0.1) is 0 Å². The van der Waals surface area contributed by atoms with Crippen LogP contribution in [0.2, 0.25) is 0 Å². The number of aliphatic hydroxyl groups excluding tert-OH is 1. The Labute approximate surface area is 213 Å². The Morgan fingerprint density at radius 3 is 2.50 bits per heavy atom. The summed E-state index contributed by atoms with van der Waals surface area (Å²) in [5.74, 6) is -2.52. The van der Waals surface area contributed by atoms with Crippen molar-refractivity contribution >= 4 is 11.7 Å². The number of carbonyl (C=O) groups is 1. The summed E-state index contributed by atoms with van der Waals surface area (Å²) in [5, 5.41) is 15.9. The molecule has 0 fully saturated rings. The van der Waals surface area contributed by atoms with E-state index in [1.807, 2.05) is 0 Å². The van der Waals surface area contributed by atoms with Crippen LogP contribution in [0, 0.1) is 18.6 Å². The van der Waals surface area contributed by atoms with E-state index in [0.717, 1.165) is 24.4 Å². The number of rotatable bonds is 8. The molecule has 12 heteroatoms. The average molecular weight is 531 g/mol. The summed E-state index contributed by atoms with van der Waals surface area (Å²) in [6, 6.07) is 7.41. The molecule has 0 aliphatic carbocycles. The molecule has 2 heterocycles. The van der Waals surface area contributed by atoms with Crippen LogP contribution < -0.4 is 11.1 Å². The first-order valence-corrected chi connectivity index (χ1v) is 11.3. The molecular weight excluding hydrogens is 509 g/mol. The number of amides is 1. The number of carbonyl (C=O) groups excluding carboxylic acids is 1. The van der Waals surface area contributed by atoms with Crippen LogP contribution in [0.5, 0.6) is 0 Å². The number of nitrogens with zero attached hydrogens (tertiary/aromatic N) is 3. The van der Waals surface area contributed by atoms with Gasteiger partial charge in [0.1, 0.15) is 24.1 Å². The second-order valence-corrected chi connectivity index (χ2v) is 8.47. The van der Waals surface area contributed by atoms with E-state index in [0.29, 0.717) is 27.1 Å². The van der Waals surface area contributed by atoms with E-state index in [4.69, 9.17) is 5.73 Å². The number of hydrogen-bond donors (Lipinski definition) is 3. The van der Waals surface area contributed by atoms with Gasteiger partial charge in [-0.2, -0.15) is 13.9 Å². The van der Waals surface area contributed by atoms with Gasteiger partial charge in [0.2, 0.25) is 0 Å². The fraction of sp³-hybridized carbons (Fsp3) is 0.192. The van der Waals surface area contributed by atoms with E-state index < -0.39 is 43.4 Å². The highest BCUT2D eigenvalue weighted by molar-refractivity contribution is 5.95. The van der Waals surface area contributed by atoms with Gasteiger partial charge in [0.25, 0.3) is 5.91 Å². The summed E-state index contributed by atoms with van der Waals surface area (Å²) in [5.41, 5.74) is 7.46. The van der Waals surface area contributed by atoms with Gasteiger partial charge in [-0.05, 0) is 53.9 Å². The van der Waals surface area contributed by atoms with E-state index in [-0.39, 0.29) is 28.1 Å². The van der Waals surface area contributed by atoms with Gasteiger partial charge >= 0.3 is 6.55 Å². The first-order valence-electron chi connectivity index (χ1n) is 11.3. The molecule has 0 saturated heterocycles. The summed E-state index contributed by atoms with van der Waals surface area (Å²) < 4.78 is 68.4. The van der Waals surface area contributed by atoms with Crippen molar-refractivity contribution in [2.24, 2.45) is 0 Å². The van der Waals surface area contributed by atoms with Crippen LogP contribution in [0.1, 0.15) is 39.8 Å². The second-order valence-electron chi connectivity index (χ2n) is 8.47. The van der Waals surface area contributed by atoms with Crippen LogP contribution >= 0.6 is 0 Å². The molecule has 1 unspecified atom stereocenters. The van der Waals surface area contributed by atoms with E-state index in [9.17, 15) is 27.5 Å². The zero-order chi connectivity index (χ0) is 27.6. The van der Waals surface area contributed by atoms with Crippen molar-refractivity contribution in [3.8, 4) is 22.3 Å². The SMILES string of the molecule is Cc1nn(C(F)F)cc1-c1cnc(N)c(-c2ccc(C(=O)NC(CO)c3cc(F)cc(CF)c3)c(F)c2)c1. The zero-order valence-corrected chi connectivity index (χ0v) is 19.9. The maximum absolute atomic E-state index is 15.0. The number of halogens is 5. The highest BCUT2D eigenvalue weighted by Crippen LogP contribution is 2.32. The van der Waals surface area contributed by atoms with Gasteiger partial charge in [-0.1, -0.05) is 12.1 Å². The van der Waals surface area contributed by atoms with Crippen molar-refractivity contribution in [2.75, 3.05) is 12.3 Å². The highest BCUT2D eigenvalue weighted by Gasteiger charge is 2.21. The minimum absolute atomic E-state index is 0.0217. The van der Waals surface area contributed by atoms with Crippen LogP contribution in [-0.4, -0.2) is 32.4 Å². The number of pyridine rings is 1. The normalized spacial score (nSPS) is 12.1. The quantitative estimate of drug-likeness (QED) is 0.274. The Morgan fingerprint density at radius 1 is 1.11 bits per heavy atom. The number of benzene rings is 2. The molecule has 1 atom stereocenters. The molecule has 0 bridgehead atoms. The zero-order valence-electron chi connectivity index (χ0n) is 19.9. The number of nitrogens with one attached hydrogen (secondary N) is 1. The first-order chi connectivity index (χ1) is 18.1. The molecule has 7 nitrogen and oxygen atoms in total. The van der Waals surface area contributed by atoms with E-state index >= 15 is 4.39 Å².